The van der Waals surface area contributed by atoms with Gasteiger partial charge in [-0.1, -0.05) is 60.7 Å². The summed E-state index contributed by atoms with van der Waals surface area (Å²) in [5, 5.41) is 12.0. The monoisotopic (exact) mass is 386 g/mol. The van der Waals surface area contributed by atoms with Crippen LogP contribution in [0.3, 0.4) is 0 Å². The van der Waals surface area contributed by atoms with Crippen LogP contribution in [-0.2, 0) is 14.3 Å². The Hall–Kier alpha value is -4.11. The van der Waals surface area contributed by atoms with Crippen LogP contribution in [0, 0.1) is 11.3 Å². The molecule has 6 heteroatoms. The fourth-order valence-electron chi connectivity index (χ4n) is 2.71. The highest BCUT2D eigenvalue weighted by molar-refractivity contribution is 5.98. The molecule has 1 aromatic heterocycles. The summed E-state index contributed by atoms with van der Waals surface area (Å²) in [6, 6.07) is 23.5. The molecule has 0 bridgehead atoms. The highest BCUT2D eigenvalue weighted by Gasteiger charge is 2.19. The topological polar surface area (TPSA) is 92.3 Å². The molecule has 2 aromatic carbocycles. The van der Waals surface area contributed by atoms with Crippen molar-refractivity contribution in [3.8, 4) is 6.07 Å². The van der Waals surface area contributed by atoms with Crippen LogP contribution in [0.2, 0.25) is 0 Å². The second kappa shape index (κ2) is 9.72. The molecule has 144 valence electrons. The lowest BCUT2D eigenvalue weighted by atomic mass is 9.99. The Labute approximate surface area is 168 Å². The molecular weight excluding hydrogens is 368 g/mol. The molecule has 3 aromatic rings. The summed E-state index contributed by atoms with van der Waals surface area (Å²) < 4.78 is 10.1. The van der Waals surface area contributed by atoms with Gasteiger partial charge < -0.3 is 14.5 Å². The molecule has 6 nitrogen and oxygen atoms in total. The van der Waals surface area contributed by atoms with Gasteiger partial charge in [-0.15, -0.1) is 0 Å². The van der Waals surface area contributed by atoms with Crippen LogP contribution in [0.5, 0.6) is 0 Å². The second-order valence-corrected chi connectivity index (χ2v) is 6.08. The summed E-state index contributed by atoms with van der Waals surface area (Å²) in [5.41, 5.74) is 1.54. The number of carbonyl (C=O) groups excluding carboxylic acids is 2. The first-order valence-corrected chi connectivity index (χ1v) is 8.89. The average molecular weight is 386 g/mol. The van der Waals surface area contributed by atoms with Gasteiger partial charge in [0.05, 0.1) is 12.3 Å². The van der Waals surface area contributed by atoms with E-state index in [0.717, 1.165) is 11.1 Å². The summed E-state index contributed by atoms with van der Waals surface area (Å²) in [7, 11) is 0. The van der Waals surface area contributed by atoms with E-state index in [1.807, 2.05) is 60.7 Å². The normalized spacial score (nSPS) is 11.0. The third-order valence-corrected chi connectivity index (χ3v) is 4.08. The van der Waals surface area contributed by atoms with Crippen molar-refractivity contribution in [1.82, 2.24) is 5.32 Å². The molecule has 1 N–H and O–H groups in total. The number of hydrogen-bond acceptors (Lipinski definition) is 5. The third-order valence-electron chi connectivity index (χ3n) is 4.08. The van der Waals surface area contributed by atoms with Gasteiger partial charge in [0.2, 0.25) is 0 Å². The third kappa shape index (κ3) is 5.44. The van der Waals surface area contributed by atoms with Crippen molar-refractivity contribution >= 4 is 18.0 Å². The molecule has 0 aliphatic heterocycles. The van der Waals surface area contributed by atoms with E-state index >= 15 is 0 Å². The predicted molar refractivity (Wildman–Crippen MR) is 106 cm³/mol. The zero-order chi connectivity index (χ0) is 20.5. The van der Waals surface area contributed by atoms with Gasteiger partial charge in [0.25, 0.3) is 5.91 Å². The molecule has 1 amide bonds. The van der Waals surface area contributed by atoms with Crippen LogP contribution in [-0.4, -0.2) is 18.5 Å². The van der Waals surface area contributed by atoms with Crippen molar-refractivity contribution in [2.24, 2.45) is 0 Å². The van der Waals surface area contributed by atoms with Gasteiger partial charge in [-0.25, -0.2) is 4.79 Å². The number of furan rings is 1. The first-order chi connectivity index (χ1) is 14.2. The molecular formula is C23H18N2O4. The Kier molecular flexibility index (Phi) is 6.58. The summed E-state index contributed by atoms with van der Waals surface area (Å²) in [4.78, 5) is 24.5. The van der Waals surface area contributed by atoms with Crippen LogP contribution in [0.25, 0.3) is 6.08 Å². The largest absolute Gasteiger partial charge is 0.465 e. The lowest BCUT2D eigenvalue weighted by molar-refractivity contribution is -0.144. The van der Waals surface area contributed by atoms with Gasteiger partial charge in [-0.05, 0) is 23.3 Å². The van der Waals surface area contributed by atoms with Gasteiger partial charge in [-0.2, -0.15) is 5.26 Å². The standard InChI is InChI=1S/C23H18N2O4/c24-15-19(14-20-12-7-13-28-20)23(27)29-16-21(26)25-22(17-8-3-1-4-9-17)18-10-5-2-6-11-18/h1-14,22H,16H2,(H,25,26)/b19-14+. The summed E-state index contributed by atoms with van der Waals surface area (Å²) in [6.07, 6.45) is 2.68. The molecule has 0 spiro atoms. The average Bonchev–Trinajstić information content (AvgIpc) is 3.28. The first-order valence-electron chi connectivity index (χ1n) is 8.89. The van der Waals surface area contributed by atoms with Crippen LogP contribution >= 0.6 is 0 Å². The van der Waals surface area contributed by atoms with E-state index in [-0.39, 0.29) is 5.57 Å². The Morgan fingerprint density at radius 3 is 2.14 bits per heavy atom. The highest BCUT2D eigenvalue weighted by Crippen LogP contribution is 2.21. The zero-order valence-corrected chi connectivity index (χ0v) is 15.4. The molecule has 0 fully saturated rings. The summed E-state index contributed by atoms with van der Waals surface area (Å²) >= 11 is 0. The lowest BCUT2D eigenvalue weighted by Gasteiger charge is -2.19. The quantitative estimate of drug-likeness (QED) is 0.380. The summed E-state index contributed by atoms with van der Waals surface area (Å²) in [6.45, 7) is -0.508. The molecule has 0 atom stereocenters. The first kappa shape index (κ1) is 19.6. The molecule has 0 saturated heterocycles. The number of nitrogens with zero attached hydrogens (tertiary/aromatic N) is 1. The number of hydrogen-bond donors (Lipinski definition) is 1. The van der Waals surface area contributed by atoms with E-state index in [0.29, 0.717) is 5.76 Å². The molecule has 3 rings (SSSR count). The molecule has 29 heavy (non-hydrogen) atoms. The predicted octanol–water partition coefficient (Wildman–Crippen LogP) is 3.64. The number of rotatable bonds is 7. The zero-order valence-electron chi connectivity index (χ0n) is 15.4. The van der Waals surface area contributed by atoms with Gasteiger partial charge >= 0.3 is 5.97 Å². The van der Waals surface area contributed by atoms with Crippen molar-refractivity contribution in [1.29, 1.82) is 5.26 Å². The fourth-order valence-corrected chi connectivity index (χ4v) is 2.71. The molecule has 0 aliphatic rings. The number of amides is 1. The van der Waals surface area contributed by atoms with E-state index in [2.05, 4.69) is 5.32 Å². The van der Waals surface area contributed by atoms with Gasteiger partial charge in [-0.3, -0.25) is 4.79 Å². The molecule has 1 heterocycles. The van der Waals surface area contributed by atoms with Crippen molar-refractivity contribution in [3.63, 3.8) is 0 Å². The lowest BCUT2D eigenvalue weighted by Crippen LogP contribution is -2.33. The number of nitrogens with one attached hydrogen (secondary N) is 1. The van der Waals surface area contributed by atoms with E-state index in [9.17, 15) is 9.59 Å². The van der Waals surface area contributed by atoms with Crippen molar-refractivity contribution in [2.45, 2.75) is 6.04 Å². The van der Waals surface area contributed by atoms with Crippen molar-refractivity contribution < 1.29 is 18.7 Å². The summed E-state index contributed by atoms with van der Waals surface area (Å²) in [5.74, 6) is -1.03. The minimum Gasteiger partial charge on any atom is -0.465 e. The number of ether oxygens (including phenoxy) is 1. The van der Waals surface area contributed by atoms with Crippen LogP contribution in [0.15, 0.2) is 89.0 Å². The maximum absolute atomic E-state index is 12.4. The van der Waals surface area contributed by atoms with Crippen molar-refractivity contribution in [2.75, 3.05) is 6.61 Å². The smallest absolute Gasteiger partial charge is 0.349 e. The number of carbonyl (C=O) groups is 2. The van der Waals surface area contributed by atoms with Crippen molar-refractivity contribution in [3.05, 3.63) is 102 Å². The molecule has 0 aliphatic carbocycles. The molecule has 0 saturated carbocycles. The Morgan fingerprint density at radius 2 is 1.62 bits per heavy atom. The van der Waals surface area contributed by atoms with Crippen LogP contribution < -0.4 is 5.32 Å². The molecule has 0 radical (unpaired) electrons. The van der Waals surface area contributed by atoms with Gasteiger partial charge in [0.15, 0.2) is 6.61 Å². The molecule has 0 unspecified atom stereocenters. The van der Waals surface area contributed by atoms with Gasteiger partial charge in [0, 0.05) is 6.08 Å². The SMILES string of the molecule is N#C/C(=C\c1ccco1)C(=O)OCC(=O)NC(c1ccccc1)c1ccccc1. The number of benzene rings is 2. The Morgan fingerprint density at radius 1 is 1.00 bits per heavy atom. The fraction of sp³-hybridized carbons (Fsp3) is 0.0870. The van der Waals surface area contributed by atoms with E-state index in [1.54, 1.807) is 18.2 Å². The maximum atomic E-state index is 12.4. The number of esters is 1. The Bertz CT molecular complexity index is 980. The number of nitriles is 1. The van der Waals surface area contributed by atoms with Crippen LogP contribution in [0.4, 0.5) is 0 Å². The van der Waals surface area contributed by atoms with E-state index in [1.165, 1.54) is 12.3 Å². The highest BCUT2D eigenvalue weighted by atomic mass is 16.5. The maximum Gasteiger partial charge on any atom is 0.349 e. The van der Waals surface area contributed by atoms with Crippen LogP contribution in [0.1, 0.15) is 22.9 Å². The minimum atomic E-state index is -0.893. The van der Waals surface area contributed by atoms with E-state index < -0.39 is 24.5 Å². The Balaban J connectivity index is 1.66. The minimum absolute atomic E-state index is 0.254. The van der Waals surface area contributed by atoms with E-state index in [4.69, 9.17) is 14.4 Å². The second-order valence-electron chi connectivity index (χ2n) is 6.08. The van der Waals surface area contributed by atoms with Gasteiger partial charge in [0.1, 0.15) is 17.4 Å².